The van der Waals surface area contributed by atoms with Gasteiger partial charge in [0.1, 0.15) is 0 Å². The summed E-state index contributed by atoms with van der Waals surface area (Å²) in [6.07, 6.45) is 0. The Kier molecular flexibility index (Phi) is 1.84. The fourth-order valence-corrected chi connectivity index (χ4v) is 2.86. The van der Waals surface area contributed by atoms with E-state index >= 15 is 0 Å². The maximum atomic E-state index is 11.2. The molecule has 4 aromatic carbocycles. The van der Waals surface area contributed by atoms with Crippen molar-refractivity contribution in [1.82, 2.24) is 0 Å². The number of rotatable bonds is 1. The summed E-state index contributed by atoms with van der Waals surface area (Å²) in [6, 6.07) is 18.6. The summed E-state index contributed by atoms with van der Waals surface area (Å²) < 4.78 is 11.2. The molecule has 0 radical (unpaired) electrons. The molecule has 0 atom stereocenters. The molecule has 0 saturated heterocycles. The predicted octanol–water partition coefficient (Wildman–Crippen LogP) is 3.26. The van der Waals surface area contributed by atoms with Crippen LogP contribution in [0.5, 0.6) is 0 Å². The predicted molar refractivity (Wildman–Crippen MR) is 76.2 cm³/mol. The van der Waals surface area contributed by atoms with Gasteiger partial charge in [0.2, 0.25) is 0 Å². The molecule has 0 aliphatic carbocycles. The second kappa shape index (κ2) is 3.39. The van der Waals surface area contributed by atoms with Crippen LogP contribution in [0.2, 0.25) is 0 Å². The van der Waals surface area contributed by atoms with Gasteiger partial charge >= 0.3 is 104 Å². The Balaban J connectivity index is 2.43. The quantitative estimate of drug-likeness (QED) is 0.361. The summed E-state index contributed by atoms with van der Waals surface area (Å²) in [5, 5.41) is 7.17. The van der Waals surface area contributed by atoms with E-state index in [1.54, 1.807) is 0 Å². The van der Waals surface area contributed by atoms with Gasteiger partial charge in [0.05, 0.1) is 0 Å². The van der Waals surface area contributed by atoms with E-state index in [-0.39, 0.29) is 0 Å². The first kappa shape index (κ1) is 9.78. The zero-order chi connectivity index (χ0) is 12.1. The van der Waals surface area contributed by atoms with Crippen LogP contribution in [0.4, 0.5) is 0 Å². The Morgan fingerprint density at radius 2 is 1.28 bits per heavy atom. The van der Waals surface area contributed by atoms with Gasteiger partial charge in [-0.25, -0.2) is 0 Å². The minimum atomic E-state index is 0.765. The van der Waals surface area contributed by atoms with E-state index in [0.29, 0.717) is 0 Å². The average Bonchev–Trinajstić information content (AvgIpc) is 2.44. The molecule has 0 fully saturated rings. The molecule has 0 aliphatic rings. The third-order valence-corrected chi connectivity index (χ3v) is 3.69. The molecule has 0 N–H and O–H groups in total. The van der Waals surface area contributed by atoms with Crippen molar-refractivity contribution in [3.63, 3.8) is 0 Å². The average molecular weight is 228 g/mol. The summed E-state index contributed by atoms with van der Waals surface area (Å²) in [7, 11) is 0.936. The Morgan fingerprint density at radius 3 is 2.00 bits per heavy atom. The normalized spacial score (nSPS) is 11.3. The van der Waals surface area contributed by atoms with Gasteiger partial charge in [-0.1, -0.05) is 0 Å². The standard InChI is InChI=1S/C16H9BO/c18-17-14-9-7-12-5-4-10-2-1-3-11-6-8-13(14)16(12)15(10)11/h1-9H. The SMILES string of the molecule is O=Bc1ccc2ccc3cccc4ccc1c2c34. The molecule has 0 heterocycles. The third kappa shape index (κ3) is 1.12. The van der Waals surface area contributed by atoms with Crippen molar-refractivity contribution in [2.75, 3.05) is 0 Å². The van der Waals surface area contributed by atoms with Crippen LogP contribution in [0.1, 0.15) is 0 Å². The Labute approximate surface area is 105 Å². The van der Waals surface area contributed by atoms with E-state index in [2.05, 4.69) is 36.4 Å². The van der Waals surface area contributed by atoms with E-state index < -0.39 is 0 Å². The van der Waals surface area contributed by atoms with Gasteiger partial charge in [-0.2, -0.15) is 0 Å². The molecular weight excluding hydrogens is 219 g/mol. The van der Waals surface area contributed by atoms with Crippen molar-refractivity contribution in [2.45, 2.75) is 0 Å². The van der Waals surface area contributed by atoms with Crippen LogP contribution in [-0.2, 0) is 4.70 Å². The van der Waals surface area contributed by atoms with Gasteiger partial charge in [-0.15, -0.1) is 0 Å². The zero-order valence-corrected chi connectivity index (χ0v) is 9.68. The number of hydrogen-bond acceptors (Lipinski definition) is 1. The van der Waals surface area contributed by atoms with Gasteiger partial charge in [0, 0.05) is 0 Å². The van der Waals surface area contributed by atoms with Crippen molar-refractivity contribution in [2.24, 2.45) is 0 Å². The zero-order valence-electron chi connectivity index (χ0n) is 9.68. The molecule has 0 saturated carbocycles. The fraction of sp³-hybridized carbons (Fsp3) is 0. The van der Waals surface area contributed by atoms with E-state index in [1.165, 1.54) is 26.9 Å². The van der Waals surface area contributed by atoms with Crippen LogP contribution in [0.25, 0.3) is 32.3 Å². The molecule has 0 amide bonds. The van der Waals surface area contributed by atoms with Crippen molar-refractivity contribution < 1.29 is 4.70 Å². The summed E-state index contributed by atoms with van der Waals surface area (Å²) in [4.78, 5) is 0. The summed E-state index contributed by atoms with van der Waals surface area (Å²) in [6.45, 7) is 0. The van der Waals surface area contributed by atoms with Crippen LogP contribution in [0, 0.1) is 0 Å². The topological polar surface area (TPSA) is 17.1 Å². The monoisotopic (exact) mass is 228 g/mol. The molecule has 0 unspecified atom stereocenters. The fourth-order valence-electron chi connectivity index (χ4n) is 2.86. The summed E-state index contributed by atoms with van der Waals surface area (Å²) >= 11 is 0. The van der Waals surface area contributed by atoms with Crippen molar-refractivity contribution in [3.8, 4) is 0 Å². The third-order valence-electron chi connectivity index (χ3n) is 3.69. The second-order valence-electron chi connectivity index (χ2n) is 4.63. The number of benzene rings is 4. The van der Waals surface area contributed by atoms with Crippen molar-refractivity contribution >= 4 is 44.9 Å². The Morgan fingerprint density at radius 1 is 0.667 bits per heavy atom. The van der Waals surface area contributed by atoms with Gasteiger partial charge in [-0.3, -0.25) is 0 Å². The summed E-state index contributed by atoms with van der Waals surface area (Å²) in [5.74, 6) is 0. The molecular formula is C16H9BO. The van der Waals surface area contributed by atoms with Crippen LogP contribution in [-0.4, -0.2) is 7.15 Å². The molecule has 1 nitrogen and oxygen atoms in total. The van der Waals surface area contributed by atoms with E-state index in [0.717, 1.165) is 18.0 Å². The Bertz CT molecular complexity index is 880. The van der Waals surface area contributed by atoms with Crippen LogP contribution in [0.3, 0.4) is 0 Å². The number of hydrogen-bond donors (Lipinski definition) is 0. The van der Waals surface area contributed by atoms with E-state index in [4.69, 9.17) is 0 Å². The van der Waals surface area contributed by atoms with Gasteiger partial charge in [0.15, 0.2) is 0 Å². The molecule has 4 rings (SSSR count). The molecule has 2 heteroatoms. The molecule has 0 bridgehead atoms. The first-order valence-electron chi connectivity index (χ1n) is 6.00. The van der Waals surface area contributed by atoms with Crippen LogP contribution < -0.4 is 5.46 Å². The molecule has 18 heavy (non-hydrogen) atoms. The van der Waals surface area contributed by atoms with Crippen LogP contribution >= 0.6 is 0 Å². The molecule has 0 aliphatic heterocycles. The van der Waals surface area contributed by atoms with Gasteiger partial charge in [-0.05, 0) is 0 Å². The minimum absolute atomic E-state index is 0.765. The van der Waals surface area contributed by atoms with Crippen molar-refractivity contribution in [1.29, 1.82) is 0 Å². The molecule has 0 aromatic heterocycles. The molecule has 82 valence electrons. The first-order chi connectivity index (χ1) is 8.88. The Hall–Kier alpha value is -2.22. The van der Waals surface area contributed by atoms with Gasteiger partial charge in [0.25, 0.3) is 0 Å². The molecule has 4 aromatic rings. The van der Waals surface area contributed by atoms with Crippen molar-refractivity contribution in [3.05, 3.63) is 54.6 Å². The maximum absolute atomic E-state index is 11.2. The molecule has 0 spiro atoms. The van der Waals surface area contributed by atoms with Gasteiger partial charge < -0.3 is 0 Å². The van der Waals surface area contributed by atoms with Crippen LogP contribution in [0.15, 0.2) is 54.6 Å². The summed E-state index contributed by atoms with van der Waals surface area (Å²) in [5.41, 5.74) is 0.765. The first-order valence-corrected chi connectivity index (χ1v) is 6.00. The van der Waals surface area contributed by atoms with E-state index in [9.17, 15) is 4.70 Å². The second-order valence-corrected chi connectivity index (χ2v) is 4.63. The van der Waals surface area contributed by atoms with E-state index in [1.807, 2.05) is 18.2 Å².